The predicted octanol–water partition coefficient (Wildman–Crippen LogP) is 2.66. The Morgan fingerprint density at radius 1 is 1.32 bits per heavy atom. The number of carbonyl (C=O) groups is 1. The monoisotopic (exact) mass is 303 g/mol. The van der Waals surface area contributed by atoms with Crippen LogP contribution in [0.1, 0.15) is 23.7 Å². The van der Waals surface area contributed by atoms with Crippen molar-refractivity contribution in [2.75, 3.05) is 17.2 Å². The summed E-state index contributed by atoms with van der Waals surface area (Å²) in [6.07, 6.45) is 2.25. The molecule has 1 aromatic heterocycles. The summed E-state index contributed by atoms with van der Waals surface area (Å²) in [7, 11) is 0. The van der Waals surface area contributed by atoms with Crippen LogP contribution in [0.25, 0.3) is 0 Å². The minimum atomic E-state index is -0.569. The maximum absolute atomic E-state index is 13.5. The van der Waals surface area contributed by atoms with Gasteiger partial charge < -0.3 is 15.7 Å². The highest BCUT2D eigenvalue weighted by Crippen LogP contribution is 2.14. The molecule has 2 aromatic rings. The third-order valence-corrected chi connectivity index (χ3v) is 3.21. The Kier molecular flexibility index (Phi) is 5.43. The average molecular weight is 303 g/mol. The summed E-state index contributed by atoms with van der Waals surface area (Å²) in [6, 6.07) is 9.07. The summed E-state index contributed by atoms with van der Waals surface area (Å²) >= 11 is 0. The Balaban J connectivity index is 2.02. The van der Waals surface area contributed by atoms with Gasteiger partial charge in [-0.15, -0.1) is 0 Å². The van der Waals surface area contributed by atoms with E-state index in [1.54, 1.807) is 18.2 Å². The van der Waals surface area contributed by atoms with Crippen LogP contribution in [-0.4, -0.2) is 28.6 Å². The zero-order chi connectivity index (χ0) is 15.9. The molecular formula is C16H18FN3O2. The molecule has 0 fully saturated rings. The maximum Gasteiger partial charge on any atom is 0.258 e. The van der Waals surface area contributed by atoms with E-state index in [-0.39, 0.29) is 18.2 Å². The topological polar surface area (TPSA) is 74.2 Å². The summed E-state index contributed by atoms with van der Waals surface area (Å²) in [4.78, 5) is 16.1. The molecule has 6 heteroatoms. The smallest absolute Gasteiger partial charge is 0.258 e. The van der Waals surface area contributed by atoms with Crippen LogP contribution >= 0.6 is 0 Å². The lowest BCUT2D eigenvalue weighted by atomic mass is 10.2. The molecule has 0 saturated carbocycles. The van der Waals surface area contributed by atoms with Crippen molar-refractivity contribution in [3.63, 3.8) is 0 Å². The minimum Gasteiger partial charge on any atom is -0.394 e. The normalized spacial score (nSPS) is 11.8. The lowest BCUT2D eigenvalue weighted by Crippen LogP contribution is -2.23. The van der Waals surface area contributed by atoms with Crippen LogP contribution in [0.2, 0.25) is 0 Å². The van der Waals surface area contributed by atoms with Crippen LogP contribution in [0.3, 0.4) is 0 Å². The quantitative estimate of drug-likeness (QED) is 0.767. The second kappa shape index (κ2) is 7.51. The minimum absolute atomic E-state index is 0.0176. The van der Waals surface area contributed by atoms with Crippen molar-refractivity contribution in [3.8, 4) is 0 Å². The van der Waals surface area contributed by atoms with Gasteiger partial charge in [-0.3, -0.25) is 4.79 Å². The Morgan fingerprint density at radius 2 is 2.09 bits per heavy atom. The molecule has 0 radical (unpaired) electrons. The lowest BCUT2D eigenvalue weighted by Gasteiger charge is -2.14. The van der Waals surface area contributed by atoms with Gasteiger partial charge in [-0.25, -0.2) is 9.37 Å². The van der Waals surface area contributed by atoms with Crippen LogP contribution in [0.5, 0.6) is 0 Å². The molecule has 22 heavy (non-hydrogen) atoms. The predicted molar refractivity (Wildman–Crippen MR) is 83.4 cm³/mol. The number of aliphatic hydroxyl groups excluding tert-OH is 1. The number of anilines is 2. The number of carbonyl (C=O) groups excluding carboxylic acids is 1. The number of aromatic nitrogens is 1. The number of hydrogen-bond acceptors (Lipinski definition) is 4. The molecule has 2 rings (SSSR count). The number of amides is 1. The van der Waals surface area contributed by atoms with Gasteiger partial charge in [-0.2, -0.15) is 0 Å². The molecular weight excluding hydrogens is 285 g/mol. The molecule has 116 valence electrons. The standard InChI is InChI=1S/C16H18FN3O2/c1-2-11(10-21)19-15-8-7-12(9-18-15)20-16(22)13-5-3-4-6-14(13)17/h3-9,11,21H,2,10H2,1H3,(H,18,19)(H,20,22). The fourth-order valence-corrected chi connectivity index (χ4v) is 1.88. The van der Waals surface area contributed by atoms with Crippen molar-refractivity contribution in [3.05, 3.63) is 54.0 Å². The van der Waals surface area contributed by atoms with Crippen molar-refractivity contribution < 1.29 is 14.3 Å². The van der Waals surface area contributed by atoms with E-state index in [4.69, 9.17) is 5.11 Å². The van der Waals surface area contributed by atoms with E-state index in [1.807, 2.05) is 6.92 Å². The first-order valence-corrected chi connectivity index (χ1v) is 7.03. The van der Waals surface area contributed by atoms with Gasteiger partial charge in [0.05, 0.1) is 30.1 Å². The number of hydrogen-bond donors (Lipinski definition) is 3. The molecule has 5 nitrogen and oxygen atoms in total. The summed E-state index contributed by atoms with van der Waals surface area (Å²) in [5.41, 5.74) is 0.451. The van der Waals surface area contributed by atoms with Gasteiger partial charge in [0.2, 0.25) is 0 Å². The van der Waals surface area contributed by atoms with E-state index in [2.05, 4.69) is 15.6 Å². The first-order chi connectivity index (χ1) is 10.6. The molecule has 3 N–H and O–H groups in total. The second-order valence-electron chi connectivity index (χ2n) is 4.80. The SMILES string of the molecule is CCC(CO)Nc1ccc(NC(=O)c2ccccc2F)cn1. The van der Waals surface area contributed by atoms with Crippen LogP contribution in [0, 0.1) is 5.82 Å². The number of rotatable bonds is 6. The zero-order valence-corrected chi connectivity index (χ0v) is 12.2. The van der Waals surface area contributed by atoms with Crippen LogP contribution < -0.4 is 10.6 Å². The van der Waals surface area contributed by atoms with E-state index < -0.39 is 11.7 Å². The van der Waals surface area contributed by atoms with E-state index in [0.717, 1.165) is 6.42 Å². The highest BCUT2D eigenvalue weighted by molar-refractivity contribution is 6.04. The van der Waals surface area contributed by atoms with E-state index in [9.17, 15) is 9.18 Å². The molecule has 1 heterocycles. The molecule has 0 aliphatic rings. The lowest BCUT2D eigenvalue weighted by molar-refractivity contribution is 0.102. The Morgan fingerprint density at radius 3 is 2.68 bits per heavy atom. The third-order valence-electron chi connectivity index (χ3n) is 3.21. The summed E-state index contributed by atoms with van der Waals surface area (Å²) < 4.78 is 13.5. The number of nitrogens with zero attached hydrogens (tertiary/aromatic N) is 1. The van der Waals surface area contributed by atoms with Gasteiger partial charge in [0.1, 0.15) is 11.6 Å². The molecule has 0 bridgehead atoms. The first-order valence-electron chi connectivity index (χ1n) is 7.03. The van der Waals surface area contributed by atoms with Gasteiger partial charge >= 0.3 is 0 Å². The van der Waals surface area contributed by atoms with Crippen molar-refractivity contribution >= 4 is 17.4 Å². The van der Waals surface area contributed by atoms with Gasteiger partial charge in [0.25, 0.3) is 5.91 Å². The fourth-order valence-electron chi connectivity index (χ4n) is 1.88. The summed E-state index contributed by atoms with van der Waals surface area (Å²) in [6.45, 7) is 1.97. The van der Waals surface area contributed by atoms with E-state index >= 15 is 0 Å². The number of aliphatic hydroxyl groups is 1. The molecule has 0 spiro atoms. The molecule has 0 aliphatic heterocycles. The van der Waals surface area contributed by atoms with E-state index in [1.165, 1.54) is 24.4 Å². The fraction of sp³-hybridized carbons (Fsp3) is 0.250. The molecule has 1 aromatic carbocycles. The molecule has 1 unspecified atom stereocenters. The van der Waals surface area contributed by atoms with Crippen LogP contribution in [0.4, 0.5) is 15.9 Å². The Labute approximate surface area is 128 Å². The summed E-state index contributed by atoms with van der Waals surface area (Å²) in [5.74, 6) is -0.493. The number of benzene rings is 1. The third kappa shape index (κ3) is 4.02. The Bertz CT molecular complexity index is 628. The van der Waals surface area contributed by atoms with Crippen molar-refractivity contribution in [2.45, 2.75) is 19.4 Å². The first kappa shape index (κ1) is 15.9. The molecule has 1 atom stereocenters. The van der Waals surface area contributed by atoms with Crippen LogP contribution in [0.15, 0.2) is 42.6 Å². The maximum atomic E-state index is 13.5. The highest BCUT2D eigenvalue weighted by Gasteiger charge is 2.11. The van der Waals surface area contributed by atoms with E-state index in [0.29, 0.717) is 11.5 Å². The molecule has 1 amide bonds. The molecule has 0 aliphatic carbocycles. The number of pyridine rings is 1. The second-order valence-corrected chi connectivity index (χ2v) is 4.80. The van der Waals surface area contributed by atoms with Crippen molar-refractivity contribution in [1.82, 2.24) is 4.98 Å². The van der Waals surface area contributed by atoms with Crippen LogP contribution in [-0.2, 0) is 0 Å². The van der Waals surface area contributed by atoms with Gasteiger partial charge in [0.15, 0.2) is 0 Å². The Hall–Kier alpha value is -2.47. The van der Waals surface area contributed by atoms with Crippen molar-refractivity contribution in [1.29, 1.82) is 0 Å². The van der Waals surface area contributed by atoms with Gasteiger partial charge in [-0.05, 0) is 30.7 Å². The number of nitrogens with one attached hydrogen (secondary N) is 2. The summed E-state index contributed by atoms with van der Waals surface area (Å²) in [5, 5.41) is 14.8. The highest BCUT2D eigenvalue weighted by atomic mass is 19.1. The van der Waals surface area contributed by atoms with Gasteiger partial charge in [0, 0.05) is 0 Å². The van der Waals surface area contributed by atoms with Crippen molar-refractivity contribution in [2.24, 2.45) is 0 Å². The average Bonchev–Trinajstić information content (AvgIpc) is 2.54. The molecule has 0 saturated heterocycles. The largest absolute Gasteiger partial charge is 0.394 e. The zero-order valence-electron chi connectivity index (χ0n) is 12.2. The number of halogens is 1. The van der Waals surface area contributed by atoms with Gasteiger partial charge in [-0.1, -0.05) is 19.1 Å².